The summed E-state index contributed by atoms with van der Waals surface area (Å²) < 4.78 is 0. The molecule has 1 aromatic carbocycles. The molecule has 0 aliphatic heterocycles. The second kappa shape index (κ2) is 5.01. The summed E-state index contributed by atoms with van der Waals surface area (Å²) in [6.07, 6.45) is 5.89. The number of fused-ring (bicyclic) bond motifs is 1. The fraction of sp³-hybridized carbons (Fsp3) is 0.462. The van der Waals surface area contributed by atoms with Crippen LogP contribution in [0.2, 0.25) is 0 Å². The molecule has 0 saturated heterocycles. The molecular weight excluding hydrogens is 200 g/mol. The number of hydrogen-bond acceptors (Lipinski definition) is 1. The Morgan fingerprint density at radius 2 is 2.00 bits per heavy atom. The summed E-state index contributed by atoms with van der Waals surface area (Å²) in [5, 5.41) is 2.61. The number of benzene rings is 1. The third kappa shape index (κ3) is 2.75. The Hall–Kier alpha value is -1.51. The van der Waals surface area contributed by atoms with Crippen LogP contribution < -0.4 is 11.1 Å². The Bertz CT molecular complexity index is 388. The van der Waals surface area contributed by atoms with E-state index in [4.69, 9.17) is 5.73 Å². The Morgan fingerprint density at radius 3 is 2.75 bits per heavy atom. The highest BCUT2D eigenvalue weighted by molar-refractivity contribution is 5.71. The Morgan fingerprint density at radius 1 is 1.25 bits per heavy atom. The van der Waals surface area contributed by atoms with Gasteiger partial charge in [0.05, 0.1) is 0 Å². The van der Waals surface area contributed by atoms with E-state index >= 15 is 0 Å². The van der Waals surface area contributed by atoms with E-state index in [1.54, 1.807) is 0 Å². The number of carbonyl (C=O) groups excluding carboxylic acids is 1. The van der Waals surface area contributed by atoms with Crippen molar-refractivity contribution in [1.82, 2.24) is 5.32 Å². The van der Waals surface area contributed by atoms with Crippen LogP contribution in [0.3, 0.4) is 0 Å². The molecular formula is C13H18N2O. The highest BCUT2D eigenvalue weighted by Gasteiger charge is 2.09. The Balaban J connectivity index is 1.97. The number of primary amides is 1. The van der Waals surface area contributed by atoms with Gasteiger partial charge in [0.2, 0.25) is 0 Å². The summed E-state index contributed by atoms with van der Waals surface area (Å²) in [7, 11) is 0. The topological polar surface area (TPSA) is 55.1 Å². The second-order valence-corrected chi connectivity index (χ2v) is 4.35. The van der Waals surface area contributed by atoms with E-state index in [0.29, 0.717) is 6.54 Å². The lowest BCUT2D eigenvalue weighted by atomic mass is 9.90. The van der Waals surface area contributed by atoms with Crippen molar-refractivity contribution < 1.29 is 4.79 Å². The molecule has 3 heteroatoms. The summed E-state index contributed by atoms with van der Waals surface area (Å²) >= 11 is 0. The van der Waals surface area contributed by atoms with Gasteiger partial charge in [0, 0.05) is 6.54 Å². The van der Waals surface area contributed by atoms with Gasteiger partial charge in [0.25, 0.3) is 0 Å². The third-order valence-corrected chi connectivity index (χ3v) is 3.13. The van der Waals surface area contributed by atoms with Gasteiger partial charge in [-0.05, 0) is 48.8 Å². The molecule has 0 fully saturated rings. The normalized spacial score (nSPS) is 14.2. The monoisotopic (exact) mass is 218 g/mol. The van der Waals surface area contributed by atoms with Crippen LogP contribution in [0.1, 0.15) is 29.5 Å². The van der Waals surface area contributed by atoms with Crippen LogP contribution in [0.5, 0.6) is 0 Å². The summed E-state index contributed by atoms with van der Waals surface area (Å²) in [4.78, 5) is 10.5. The van der Waals surface area contributed by atoms with E-state index < -0.39 is 6.03 Å². The van der Waals surface area contributed by atoms with E-state index in [2.05, 4.69) is 23.5 Å². The highest BCUT2D eigenvalue weighted by Crippen LogP contribution is 2.22. The van der Waals surface area contributed by atoms with Crippen LogP contribution in [-0.2, 0) is 19.3 Å². The zero-order valence-electron chi connectivity index (χ0n) is 9.46. The van der Waals surface area contributed by atoms with Gasteiger partial charge in [0.1, 0.15) is 0 Å². The average molecular weight is 218 g/mol. The van der Waals surface area contributed by atoms with E-state index in [-0.39, 0.29) is 0 Å². The van der Waals surface area contributed by atoms with Gasteiger partial charge in [-0.25, -0.2) is 4.79 Å². The van der Waals surface area contributed by atoms with Crippen LogP contribution in [0.25, 0.3) is 0 Å². The minimum atomic E-state index is -0.446. The first kappa shape index (κ1) is 11.0. The van der Waals surface area contributed by atoms with Crippen molar-refractivity contribution in [2.75, 3.05) is 6.54 Å². The summed E-state index contributed by atoms with van der Waals surface area (Å²) in [5.41, 5.74) is 9.29. The molecule has 2 amide bonds. The van der Waals surface area contributed by atoms with Gasteiger partial charge in [-0.15, -0.1) is 0 Å². The predicted octanol–water partition coefficient (Wildman–Crippen LogP) is 1.78. The Labute approximate surface area is 96.0 Å². The lowest BCUT2D eigenvalue weighted by molar-refractivity contribution is 0.249. The summed E-state index contributed by atoms with van der Waals surface area (Å²) in [6.45, 7) is 0.619. The molecule has 0 bridgehead atoms. The number of rotatable bonds is 3. The van der Waals surface area contributed by atoms with Crippen LogP contribution >= 0.6 is 0 Å². The standard InChI is InChI=1S/C13H18N2O/c14-13(16)15-8-7-10-5-6-11-3-1-2-4-12(11)9-10/h5-6,9H,1-4,7-8H2,(H3,14,15,16). The minimum absolute atomic E-state index is 0.446. The first-order valence-electron chi connectivity index (χ1n) is 5.90. The first-order valence-corrected chi connectivity index (χ1v) is 5.90. The van der Waals surface area contributed by atoms with Gasteiger partial charge in [-0.3, -0.25) is 0 Å². The second-order valence-electron chi connectivity index (χ2n) is 4.35. The van der Waals surface area contributed by atoms with Gasteiger partial charge >= 0.3 is 6.03 Å². The number of nitrogens with two attached hydrogens (primary N) is 1. The van der Waals surface area contributed by atoms with Crippen molar-refractivity contribution in [3.63, 3.8) is 0 Å². The number of amides is 2. The van der Waals surface area contributed by atoms with Gasteiger partial charge in [-0.2, -0.15) is 0 Å². The number of urea groups is 1. The first-order chi connectivity index (χ1) is 7.75. The molecule has 1 aliphatic carbocycles. The highest BCUT2D eigenvalue weighted by atomic mass is 16.2. The van der Waals surface area contributed by atoms with Gasteiger partial charge in [0.15, 0.2) is 0 Å². The van der Waals surface area contributed by atoms with Crippen molar-refractivity contribution in [2.24, 2.45) is 5.73 Å². The molecule has 0 aromatic heterocycles. The molecule has 0 radical (unpaired) electrons. The van der Waals surface area contributed by atoms with Crippen LogP contribution in [0.15, 0.2) is 18.2 Å². The van der Waals surface area contributed by atoms with E-state index in [9.17, 15) is 4.79 Å². The fourth-order valence-electron chi connectivity index (χ4n) is 2.27. The van der Waals surface area contributed by atoms with Crippen molar-refractivity contribution in [3.8, 4) is 0 Å². The fourth-order valence-corrected chi connectivity index (χ4v) is 2.27. The minimum Gasteiger partial charge on any atom is -0.352 e. The van der Waals surface area contributed by atoms with Gasteiger partial charge < -0.3 is 11.1 Å². The molecule has 0 unspecified atom stereocenters. The van der Waals surface area contributed by atoms with Crippen LogP contribution in [0.4, 0.5) is 4.79 Å². The maximum atomic E-state index is 10.5. The van der Waals surface area contributed by atoms with E-state index in [1.165, 1.54) is 42.4 Å². The number of carbonyl (C=O) groups is 1. The zero-order valence-corrected chi connectivity index (χ0v) is 9.46. The van der Waals surface area contributed by atoms with Crippen molar-refractivity contribution in [2.45, 2.75) is 32.1 Å². The van der Waals surface area contributed by atoms with Crippen LogP contribution in [-0.4, -0.2) is 12.6 Å². The molecule has 0 atom stereocenters. The third-order valence-electron chi connectivity index (χ3n) is 3.13. The average Bonchev–Trinajstić information content (AvgIpc) is 2.28. The van der Waals surface area contributed by atoms with Crippen molar-refractivity contribution in [3.05, 3.63) is 34.9 Å². The van der Waals surface area contributed by atoms with Gasteiger partial charge in [-0.1, -0.05) is 18.2 Å². The molecule has 3 N–H and O–H groups in total. The predicted molar refractivity (Wildman–Crippen MR) is 64.4 cm³/mol. The lowest BCUT2D eigenvalue weighted by Gasteiger charge is -2.16. The quantitative estimate of drug-likeness (QED) is 0.798. The molecule has 1 aromatic rings. The maximum Gasteiger partial charge on any atom is 0.312 e. The molecule has 16 heavy (non-hydrogen) atoms. The number of nitrogens with one attached hydrogen (secondary N) is 1. The number of aryl methyl sites for hydroxylation is 2. The molecule has 1 aliphatic rings. The maximum absolute atomic E-state index is 10.5. The summed E-state index contributed by atoms with van der Waals surface area (Å²) in [5.74, 6) is 0. The molecule has 86 valence electrons. The van der Waals surface area contributed by atoms with Crippen LogP contribution in [0, 0.1) is 0 Å². The van der Waals surface area contributed by atoms with E-state index in [0.717, 1.165) is 6.42 Å². The molecule has 2 rings (SSSR count). The molecule has 0 heterocycles. The summed E-state index contributed by atoms with van der Waals surface area (Å²) in [6, 6.07) is 6.22. The lowest BCUT2D eigenvalue weighted by Crippen LogP contribution is -2.30. The Kier molecular flexibility index (Phi) is 3.44. The SMILES string of the molecule is NC(=O)NCCc1ccc2c(c1)CCCC2. The van der Waals surface area contributed by atoms with Crippen molar-refractivity contribution >= 4 is 6.03 Å². The van der Waals surface area contributed by atoms with E-state index in [1.807, 2.05) is 0 Å². The smallest absolute Gasteiger partial charge is 0.312 e. The van der Waals surface area contributed by atoms with Crippen molar-refractivity contribution in [1.29, 1.82) is 0 Å². The zero-order chi connectivity index (χ0) is 11.4. The largest absolute Gasteiger partial charge is 0.352 e. The molecule has 0 saturated carbocycles. The molecule has 0 spiro atoms. The molecule has 3 nitrogen and oxygen atoms in total. The number of hydrogen-bond donors (Lipinski definition) is 2.